The fourth-order valence-corrected chi connectivity index (χ4v) is 3.81. The summed E-state index contributed by atoms with van der Waals surface area (Å²) in [6, 6.07) is 15.3. The molecular weight excluding hydrogens is 390 g/mol. The molecule has 0 aliphatic carbocycles. The van der Waals surface area contributed by atoms with E-state index < -0.39 is 11.9 Å². The van der Waals surface area contributed by atoms with Gasteiger partial charge in [0, 0.05) is 11.3 Å². The molecule has 1 amide bonds. The van der Waals surface area contributed by atoms with Crippen LogP contribution >= 0.6 is 0 Å². The average molecular weight is 418 g/mol. The molecule has 3 aromatic rings. The van der Waals surface area contributed by atoms with E-state index in [1.807, 2.05) is 43.3 Å². The number of ether oxygens (including phenoxy) is 1. The third-order valence-electron chi connectivity index (χ3n) is 5.56. The molecule has 7 nitrogen and oxygen atoms in total. The van der Waals surface area contributed by atoms with Gasteiger partial charge in [-0.25, -0.2) is 4.68 Å². The molecule has 1 atom stereocenters. The lowest BCUT2D eigenvalue weighted by Gasteiger charge is -2.27. The molecule has 0 fully saturated rings. The summed E-state index contributed by atoms with van der Waals surface area (Å²) < 4.78 is 6.99. The van der Waals surface area contributed by atoms with E-state index in [0.29, 0.717) is 23.0 Å². The van der Waals surface area contributed by atoms with Crippen LogP contribution in [0.15, 0.2) is 59.8 Å². The summed E-state index contributed by atoms with van der Waals surface area (Å²) in [5.41, 5.74) is 9.96. The number of benzene rings is 2. The third kappa shape index (κ3) is 3.79. The zero-order valence-corrected chi connectivity index (χ0v) is 18.4. The van der Waals surface area contributed by atoms with E-state index >= 15 is 0 Å². The molecule has 7 heteroatoms. The van der Waals surface area contributed by atoms with Gasteiger partial charge in [0.2, 0.25) is 11.9 Å². The van der Waals surface area contributed by atoms with Gasteiger partial charge >= 0.3 is 0 Å². The number of allylic oxidation sites excluding steroid dienone is 1. The van der Waals surface area contributed by atoms with Gasteiger partial charge in [0.05, 0.1) is 12.7 Å². The normalized spacial score (nSPS) is 16.0. The molecule has 0 bridgehead atoms. The van der Waals surface area contributed by atoms with Gasteiger partial charge in [0.1, 0.15) is 11.8 Å². The second-order valence-electron chi connectivity index (χ2n) is 8.73. The van der Waals surface area contributed by atoms with E-state index in [1.165, 1.54) is 5.56 Å². The number of fused-ring (bicyclic) bond motifs is 1. The minimum atomic E-state index is -0.497. The fraction of sp³-hybridized carbons (Fsp3) is 0.292. The van der Waals surface area contributed by atoms with E-state index in [0.717, 1.165) is 16.9 Å². The average Bonchev–Trinajstić information content (AvgIpc) is 3.15. The molecule has 1 aliphatic heterocycles. The first kappa shape index (κ1) is 20.7. The topological polar surface area (TPSA) is 95.1 Å². The van der Waals surface area contributed by atoms with Crippen LogP contribution in [0.4, 0.5) is 5.95 Å². The second kappa shape index (κ2) is 7.58. The van der Waals surface area contributed by atoms with Gasteiger partial charge < -0.3 is 15.8 Å². The monoisotopic (exact) mass is 417 g/mol. The molecule has 2 aromatic carbocycles. The molecule has 1 aliphatic rings. The van der Waals surface area contributed by atoms with E-state index in [9.17, 15) is 4.79 Å². The number of anilines is 1. The smallest absolute Gasteiger partial charge is 0.248 e. The minimum absolute atomic E-state index is 0.0673. The number of nitrogens with one attached hydrogen (secondary N) is 1. The number of primary amides is 1. The van der Waals surface area contributed by atoms with Crippen molar-refractivity contribution in [2.45, 2.75) is 39.2 Å². The first-order chi connectivity index (χ1) is 14.7. The van der Waals surface area contributed by atoms with Crippen molar-refractivity contribution in [3.8, 4) is 17.1 Å². The molecule has 4 rings (SSSR count). The number of carbonyl (C=O) groups excluding carboxylic acids is 1. The summed E-state index contributed by atoms with van der Waals surface area (Å²) in [6.45, 7) is 8.36. The number of carbonyl (C=O) groups is 1. The molecule has 0 radical (unpaired) electrons. The Bertz CT molecular complexity index is 1150. The number of hydrogen-bond donors (Lipinski definition) is 2. The molecule has 0 saturated carbocycles. The van der Waals surface area contributed by atoms with Crippen molar-refractivity contribution in [3.63, 3.8) is 0 Å². The van der Waals surface area contributed by atoms with Crippen LogP contribution in [0.2, 0.25) is 0 Å². The van der Waals surface area contributed by atoms with Crippen LogP contribution in [0.25, 0.3) is 11.4 Å². The highest BCUT2D eigenvalue weighted by molar-refractivity contribution is 5.95. The Morgan fingerprint density at radius 3 is 2.29 bits per heavy atom. The predicted molar refractivity (Wildman–Crippen MR) is 121 cm³/mol. The van der Waals surface area contributed by atoms with Gasteiger partial charge in [0.25, 0.3) is 0 Å². The summed E-state index contributed by atoms with van der Waals surface area (Å²) >= 11 is 0. The van der Waals surface area contributed by atoms with Gasteiger partial charge in [-0.3, -0.25) is 4.79 Å². The number of rotatable bonds is 4. The van der Waals surface area contributed by atoms with E-state index in [-0.39, 0.29) is 5.41 Å². The number of nitrogens with two attached hydrogens (primary N) is 1. The van der Waals surface area contributed by atoms with Crippen LogP contribution < -0.4 is 15.8 Å². The van der Waals surface area contributed by atoms with Crippen LogP contribution in [-0.2, 0) is 10.2 Å². The van der Waals surface area contributed by atoms with Crippen molar-refractivity contribution < 1.29 is 9.53 Å². The van der Waals surface area contributed by atoms with Gasteiger partial charge in [-0.1, -0.05) is 57.2 Å². The maximum Gasteiger partial charge on any atom is 0.248 e. The standard InChI is InChI=1S/C24H27N5O2/c1-14-19(21(25)30)20(15-8-12-18(31-5)13-9-15)29-23(26-14)27-22(28-29)16-6-10-17(11-7-16)24(2,3)4/h6-13,20H,1-5H3,(H2,25,30)(H,26,27,28). The number of nitrogens with zero attached hydrogens (tertiary/aromatic N) is 3. The number of hydrogen-bond acceptors (Lipinski definition) is 5. The Balaban J connectivity index is 1.79. The highest BCUT2D eigenvalue weighted by Crippen LogP contribution is 2.36. The molecule has 1 aromatic heterocycles. The molecule has 31 heavy (non-hydrogen) atoms. The zero-order valence-electron chi connectivity index (χ0n) is 18.4. The van der Waals surface area contributed by atoms with Crippen molar-refractivity contribution in [1.82, 2.24) is 14.8 Å². The van der Waals surface area contributed by atoms with Gasteiger partial charge in [-0.15, -0.1) is 5.10 Å². The molecule has 2 heterocycles. The molecule has 1 unspecified atom stereocenters. The van der Waals surface area contributed by atoms with Crippen LogP contribution in [0, 0.1) is 0 Å². The Morgan fingerprint density at radius 1 is 1.10 bits per heavy atom. The Hall–Kier alpha value is -3.61. The summed E-state index contributed by atoms with van der Waals surface area (Å²) in [7, 11) is 1.62. The SMILES string of the molecule is COc1ccc(C2C(C(N)=O)=C(C)Nc3nc(-c4ccc(C(C)(C)C)cc4)nn32)cc1. The van der Waals surface area contributed by atoms with Crippen LogP contribution in [-0.4, -0.2) is 27.8 Å². The molecule has 0 spiro atoms. The highest BCUT2D eigenvalue weighted by Gasteiger charge is 2.33. The van der Waals surface area contributed by atoms with Crippen LogP contribution in [0.1, 0.15) is 44.9 Å². The van der Waals surface area contributed by atoms with Gasteiger partial charge in [-0.2, -0.15) is 4.98 Å². The first-order valence-corrected chi connectivity index (χ1v) is 10.2. The third-order valence-corrected chi connectivity index (χ3v) is 5.56. The van der Waals surface area contributed by atoms with E-state index in [2.05, 4.69) is 38.2 Å². The summed E-state index contributed by atoms with van der Waals surface area (Å²) in [5, 5.41) is 7.93. The maximum absolute atomic E-state index is 12.3. The summed E-state index contributed by atoms with van der Waals surface area (Å²) in [5.74, 6) is 1.39. The van der Waals surface area contributed by atoms with Crippen LogP contribution in [0.5, 0.6) is 5.75 Å². The first-order valence-electron chi connectivity index (χ1n) is 10.2. The Morgan fingerprint density at radius 2 is 1.74 bits per heavy atom. The van der Waals surface area contributed by atoms with Gasteiger partial charge in [-0.05, 0) is 35.6 Å². The molecule has 3 N–H and O–H groups in total. The zero-order chi connectivity index (χ0) is 22.3. The fourth-order valence-electron chi connectivity index (χ4n) is 3.81. The minimum Gasteiger partial charge on any atom is -0.497 e. The summed E-state index contributed by atoms with van der Waals surface area (Å²) in [4.78, 5) is 17.0. The molecule has 160 valence electrons. The summed E-state index contributed by atoms with van der Waals surface area (Å²) in [6.07, 6.45) is 0. The highest BCUT2D eigenvalue weighted by atomic mass is 16.5. The quantitative estimate of drug-likeness (QED) is 0.668. The van der Waals surface area contributed by atoms with Crippen molar-refractivity contribution in [1.29, 1.82) is 0 Å². The number of amides is 1. The lowest BCUT2D eigenvalue weighted by Crippen LogP contribution is -2.31. The van der Waals surface area contributed by atoms with Crippen molar-refractivity contribution in [2.24, 2.45) is 5.73 Å². The molecule has 0 saturated heterocycles. The molecular formula is C24H27N5O2. The van der Waals surface area contributed by atoms with Crippen molar-refractivity contribution in [2.75, 3.05) is 12.4 Å². The van der Waals surface area contributed by atoms with E-state index in [4.69, 9.17) is 20.6 Å². The lowest BCUT2D eigenvalue weighted by molar-refractivity contribution is -0.115. The van der Waals surface area contributed by atoms with Crippen molar-refractivity contribution >= 4 is 11.9 Å². The van der Waals surface area contributed by atoms with Gasteiger partial charge in [0.15, 0.2) is 5.82 Å². The van der Waals surface area contributed by atoms with E-state index in [1.54, 1.807) is 11.8 Å². The van der Waals surface area contributed by atoms with Crippen molar-refractivity contribution in [3.05, 3.63) is 70.9 Å². The van der Waals surface area contributed by atoms with Crippen LogP contribution in [0.3, 0.4) is 0 Å². The Labute approximate surface area is 181 Å². The number of methoxy groups -OCH3 is 1. The maximum atomic E-state index is 12.3. The number of aromatic nitrogens is 3. The second-order valence-corrected chi connectivity index (χ2v) is 8.73. The predicted octanol–water partition coefficient (Wildman–Crippen LogP) is 4.03. The lowest BCUT2D eigenvalue weighted by atomic mass is 9.87. The Kier molecular flexibility index (Phi) is 5.05. The largest absolute Gasteiger partial charge is 0.497 e.